The Balaban J connectivity index is 0. The molecule has 0 spiro atoms. The lowest BCUT2D eigenvalue weighted by Crippen LogP contribution is -2.11. The summed E-state index contributed by atoms with van der Waals surface area (Å²) >= 11 is 0. The van der Waals surface area contributed by atoms with Gasteiger partial charge in [0.05, 0.1) is 13.2 Å². The van der Waals surface area contributed by atoms with Crippen LogP contribution in [-0.2, 0) is 18.8 Å². The molecular weight excluding hydrogens is 244 g/mol. The van der Waals surface area contributed by atoms with Gasteiger partial charge in [0, 0.05) is 0 Å². The summed E-state index contributed by atoms with van der Waals surface area (Å²) in [6.45, 7) is 5.67. The van der Waals surface area contributed by atoms with Crippen LogP contribution in [0.2, 0.25) is 0 Å². The van der Waals surface area contributed by atoms with Gasteiger partial charge in [-0.2, -0.15) is 8.42 Å². The fraction of sp³-hybridized carbons (Fsp3) is 0.818. The average Bonchev–Trinajstić information content (AvgIpc) is 2.25. The molecule has 0 rings (SSSR count). The number of rotatable bonds is 11. The van der Waals surface area contributed by atoms with Gasteiger partial charge in [0.25, 0.3) is 0 Å². The van der Waals surface area contributed by atoms with Gasteiger partial charge in [0.1, 0.15) is 0 Å². The number of unbranched alkanes of at least 4 members (excludes halogenated alkanes) is 5. The van der Waals surface area contributed by atoms with E-state index in [1.807, 2.05) is 0 Å². The van der Waals surface area contributed by atoms with Crippen molar-refractivity contribution in [1.82, 2.24) is 0 Å². The van der Waals surface area contributed by atoms with Gasteiger partial charge in [0.2, 0.25) is 0 Å². The Morgan fingerprint density at radius 2 is 1.65 bits per heavy atom. The van der Waals surface area contributed by atoms with Crippen LogP contribution < -0.4 is 0 Å². The first kappa shape index (κ1) is 18.9. The van der Waals surface area contributed by atoms with E-state index < -0.39 is 10.4 Å². The molecule has 0 heterocycles. The van der Waals surface area contributed by atoms with Crippen LogP contribution in [0.15, 0.2) is 12.7 Å². The summed E-state index contributed by atoms with van der Waals surface area (Å²) in [4.78, 5) is 0. The summed E-state index contributed by atoms with van der Waals surface area (Å²) < 4.78 is 31.2. The first-order chi connectivity index (χ1) is 7.62. The van der Waals surface area contributed by atoms with Crippen molar-refractivity contribution in [2.45, 2.75) is 45.4 Å². The highest BCUT2D eigenvalue weighted by atomic mass is 32.3. The molecule has 0 fully saturated rings. The highest BCUT2D eigenvalue weighted by Crippen LogP contribution is 2.06. The van der Waals surface area contributed by atoms with Gasteiger partial charge in [0.15, 0.2) is 0 Å². The average molecular weight is 268 g/mol. The molecule has 2 N–H and O–H groups in total. The molecule has 0 aromatic carbocycles. The molecule has 5 nitrogen and oxygen atoms in total. The second kappa shape index (κ2) is 12.0. The molecule has 0 aliphatic heterocycles. The SMILES string of the molecule is C=CCOS(=O)(=O)OCCCCCCCC.O. The molecule has 0 aliphatic carbocycles. The molecule has 0 aromatic heterocycles. The van der Waals surface area contributed by atoms with Crippen molar-refractivity contribution in [1.29, 1.82) is 0 Å². The smallest absolute Gasteiger partial charge is 0.400 e. The maximum absolute atomic E-state index is 11.0. The van der Waals surface area contributed by atoms with Crippen LogP contribution >= 0.6 is 0 Å². The zero-order valence-corrected chi connectivity index (χ0v) is 11.3. The van der Waals surface area contributed by atoms with Gasteiger partial charge in [-0.05, 0) is 6.42 Å². The summed E-state index contributed by atoms with van der Waals surface area (Å²) in [6, 6.07) is 0. The maximum Gasteiger partial charge on any atom is 0.400 e. The summed E-state index contributed by atoms with van der Waals surface area (Å²) in [6.07, 6.45) is 7.89. The predicted molar refractivity (Wildman–Crippen MR) is 68.0 cm³/mol. The van der Waals surface area contributed by atoms with Crippen molar-refractivity contribution in [3.63, 3.8) is 0 Å². The van der Waals surface area contributed by atoms with E-state index in [0.29, 0.717) is 0 Å². The van der Waals surface area contributed by atoms with Crippen molar-refractivity contribution in [3.05, 3.63) is 12.7 Å². The molecule has 0 aliphatic rings. The maximum atomic E-state index is 11.0. The minimum Gasteiger partial charge on any atom is -0.412 e. The molecule has 0 amide bonds. The van der Waals surface area contributed by atoms with Gasteiger partial charge < -0.3 is 5.48 Å². The van der Waals surface area contributed by atoms with Gasteiger partial charge in [-0.25, -0.2) is 8.37 Å². The van der Waals surface area contributed by atoms with E-state index in [9.17, 15) is 8.42 Å². The molecule has 0 unspecified atom stereocenters. The van der Waals surface area contributed by atoms with Gasteiger partial charge >= 0.3 is 10.4 Å². The van der Waals surface area contributed by atoms with E-state index in [1.54, 1.807) is 0 Å². The molecule has 17 heavy (non-hydrogen) atoms. The van der Waals surface area contributed by atoms with Crippen LogP contribution in [-0.4, -0.2) is 27.1 Å². The Kier molecular flexibility index (Phi) is 13.4. The summed E-state index contributed by atoms with van der Waals surface area (Å²) in [5, 5.41) is 0. The van der Waals surface area contributed by atoms with E-state index in [2.05, 4.69) is 21.9 Å². The van der Waals surface area contributed by atoms with Gasteiger partial charge in [-0.15, -0.1) is 6.58 Å². The number of hydrogen-bond acceptors (Lipinski definition) is 4. The second-order valence-electron chi connectivity index (χ2n) is 3.57. The third-order valence-corrected chi connectivity index (χ3v) is 2.94. The molecule has 0 aromatic rings. The molecule has 104 valence electrons. The number of hydrogen-bond donors (Lipinski definition) is 0. The largest absolute Gasteiger partial charge is 0.412 e. The molecular formula is C11H24O5S. The Bertz CT molecular complexity index is 261. The zero-order valence-electron chi connectivity index (χ0n) is 10.5. The highest BCUT2D eigenvalue weighted by Gasteiger charge is 2.09. The standard InChI is InChI=1S/C11H22O4S.H2O/c1-3-5-6-7-8-9-11-15-16(12,13)14-10-4-2;/h4H,2-3,5-11H2,1H3;1H2. The fourth-order valence-corrected chi connectivity index (χ4v) is 1.86. The Labute approximate surface area is 104 Å². The summed E-state index contributed by atoms with van der Waals surface area (Å²) in [5.41, 5.74) is 0. The van der Waals surface area contributed by atoms with Crippen LogP contribution in [0.4, 0.5) is 0 Å². The summed E-state index contributed by atoms with van der Waals surface area (Å²) in [7, 11) is -3.81. The summed E-state index contributed by atoms with van der Waals surface area (Å²) in [5.74, 6) is 0. The normalized spacial score (nSPS) is 10.9. The fourth-order valence-electron chi connectivity index (χ4n) is 1.21. The van der Waals surface area contributed by atoms with E-state index in [0.717, 1.165) is 19.3 Å². The van der Waals surface area contributed by atoms with Crippen LogP contribution in [0.25, 0.3) is 0 Å². The third kappa shape index (κ3) is 13.5. The van der Waals surface area contributed by atoms with Gasteiger partial charge in [-0.1, -0.05) is 45.1 Å². The van der Waals surface area contributed by atoms with Crippen molar-refractivity contribution in [3.8, 4) is 0 Å². The molecule has 0 saturated carbocycles. The lowest BCUT2D eigenvalue weighted by Gasteiger charge is -2.04. The minimum absolute atomic E-state index is 0. The van der Waals surface area contributed by atoms with Crippen molar-refractivity contribution in [2.24, 2.45) is 0 Å². The first-order valence-corrected chi connectivity index (χ1v) is 7.10. The lowest BCUT2D eigenvalue weighted by molar-refractivity contribution is 0.225. The van der Waals surface area contributed by atoms with E-state index in [1.165, 1.54) is 25.3 Å². The van der Waals surface area contributed by atoms with Crippen molar-refractivity contribution in [2.75, 3.05) is 13.2 Å². The monoisotopic (exact) mass is 268 g/mol. The molecule has 6 heteroatoms. The van der Waals surface area contributed by atoms with Crippen molar-refractivity contribution >= 4 is 10.4 Å². The van der Waals surface area contributed by atoms with Crippen LogP contribution in [0, 0.1) is 0 Å². The van der Waals surface area contributed by atoms with Crippen molar-refractivity contribution < 1.29 is 22.3 Å². The van der Waals surface area contributed by atoms with Gasteiger partial charge in [-0.3, -0.25) is 0 Å². The van der Waals surface area contributed by atoms with E-state index in [4.69, 9.17) is 0 Å². The zero-order chi connectivity index (χ0) is 12.3. The molecule has 0 saturated heterocycles. The quantitative estimate of drug-likeness (QED) is 0.423. The lowest BCUT2D eigenvalue weighted by atomic mass is 10.1. The topological polar surface area (TPSA) is 84.1 Å². The Morgan fingerprint density at radius 3 is 2.24 bits per heavy atom. The highest BCUT2D eigenvalue weighted by molar-refractivity contribution is 7.81. The minimum atomic E-state index is -3.81. The van der Waals surface area contributed by atoms with Crippen LogP contribution in [0.1, 0.15) is 45.4 Å². The van der Waals surface area contributed by atoms with Crippen LogP contribution in [0.3, 0.4) is 0 Å². The first-order valence-electron chi connectivity index (χ1n) is 5.77. The molecule has 0 bridgehead atoms. The third-order valence-electron chi connectivity index (χ3n) is 2.06. The molecule has 0 radical (unpaired) electrons. The molecule has 0 atom stereocenters. The van der Waals surface area contributed by atoms with Crippen LogP contribution in [0.5, 0.6) is 0 Å². The second-order valence-corrected chi connectivity index (χ2v) is 4.86. The van der Waals surface area contributed by atoms with E-state index in [-0.39, 0.29) is 18.7 Å². The van der Waals surface area contributed by atoms with E-state index >= 15 is 0 Å². The predicted octanol–water partition coefficient (Wildman–Crippen LogP) is 1.99. The Morgan fingerprint density at radius 1 is 1.06 bits per heavy atom. The Hall–Kier alpha value is -0.430.